The molecule has 0 amide bonds. The minimum Gasteiger partial charge on any atom is -0.462 e. The number of carbonyl (C=O) groups is 1. The number of aromatic amines is 1. The summed E-state index contributed by atoms with van der Waals surface area (Å²) in [6.07, 6.45) is 3.62. The van der Waals surface area contributed by atoms with Crippen molar-refractivity contribution in [3.63, 3.8) is 0 Å². The van der Waals surface area contributed by atoms with E-state index >= 15 is 0 Å². The van der Waals surface area contributed by atoms with Crippen LogP contribution in [0.1, 0.15) is 54.2 Å². The van der Waals surface area contributed by atoms with Crippen molar-refractivity contribution in [2.24, 2.45) is 0 Å². The van der Waals surface area contributed by atoms with Crippen LogP contribution in [-0.4, -0.2) is 40.0 Å². The number of fused-ring (bicyclic) bond motifs is 1. The van der Waals surface area contributed by atoms with Gasteiger partial charge in [-0.15, -0.1) is 11.3 Å². The van der Waals surface area contributed by atoms with Crippen molar-refractivity contribution in [1.29, 1.82) is 0 Å². The molecule has 7 heteroatoms. The molecule has 0 aromatic carbocycles. The van der Waals surface area contributed by atoms with E-state index in [4.69, 9.17) is 4.74 Å². The third kappa shape index (κ3) is 3.23. The number of nitrogens with one attached hydrogen (secondary N) is 1. The van der Waals surface area contributed by atoms with E-state index in [9.17, 15) is 9.59 Å². The lowest BCUT2D eigenvalue weighted by Crippen LogP contribution is -2.37. The van der Waals surface area contributed by atoms with Crippen LogP contribution in [0, 0.1) is 6.92 Å². The van der Waals surface area contributed by atoms with Gasteiger partial charge in [0.05, 0.1) is 18.5 Å². The highest BCUT2D eigenvalue weighted by Gasteiger charge is 2.22. The van der Waals surface area contributed by atoms with Gasteiger partial charge in [0, 0.05) is 6.04 Å². The highest BCUT2D eigenvalue weighted by atomic mass is 32.1. The van der Waals surface area contributed by atoms with Gasteiger partial charge in [0.2, 0.25) is 0 Å². The average Bonchev–Trinajstić information content (AvgIpc) is 2.87. The van der Waals surface area contributed by atoms with E-state index in [2.05, 4.69) is 21.8 Å². The molecule has 24 heavy (non-hydrogen) atoms. The Labute approximate surface area is 144 Å². The lowest BCUT2D eigenvalue weighted by atomic mass is 10.0. The number of carbonyl (C=O) groups excluding carboxylic acids is 1. The Morgan fingerprint density at radius 3 is 2.96 bits per heavy atom. The maximum atomic E-state index is 12.5. The van der Waals surface area contributed by atoms with Gasteiger partial charge in [-0.05, 0) is 45.7 Å². The topological polar surface area (TPSA) is 75.3 Å². The molecule has 3 heterocycles. The van der Waals surface area contributed by atoms with Gasteiger partial charge in [-0.1, -0.05) is 6.42 Å². The molecule has 1 unspecified atom stereocenters. The summed E-state index contributed by atoms with van der Waals surface area (Å²) in [4.78, 5) is 35.4. The second kappa shape index (κ2) is 7.03. The molecule has 1 atom stereocenters. The van der Waals surface area contributed by atoms with Crippen LogP contribution in [0.4, 0.5) is 0 Å². The van der Waals surface area contributed by atoms with Crippen molar-refractivity contribution in [3.05, 3.63) is 26.6 Å². The Morgan fingerprint density at radius 1 is 1.46 bits per heavy atom. The maximum absolute atomic E-state index is 12.5. The monoisotopic (exact) mass is 349 g/mol. The summed E-state index contributed by atoms with van der Waals surface area (Å²) in [6.45, 7) is 7.73. The van der Waals surface area contributed by atoms with E-state index < -0.39 is 0 Å². The molecule has 6 nitrogen and oxygen atoms in total. The molecule has 0 spiro atoms. The van der Waals surface area contributed by atoms with Crippen LogP contribution >= 0.6 is 11.3 Å². The zero-order chi connectivity index (χ0) is 17.3. The first-order chi connectivity index (χ1) is 11.5. The Balaban J connectivity index is 1.95. The van der Waals surface area contributed by atoms with Crippen molar-refractivity contribution in [2.75, 3.05) is 13.2 Å². The number of hydrogen-bond donors (Lipinski definition) is 1. The van der Waals surface area contributed by atoms with Crippen molar-refractivity contribution in [3.8, 4) is 0 Å². The molecule has 1 aliphatic heterocycles. The first kappa shape index (κ1) is 17.1. The van der Waals surface area contributed by atoms with Crippen LogP contribution in [0.2, 0.25) is 0 Å². The van der Waals surface area contributed by atoms with Crippen molar-refractivity contribution < 1.29 is 9.53 Å². The molecule has 1 saturated heterocycles. The second-order valence-corrected chi connectivity index (χ2v) is 7.28. The molecule has 1 fully saturated rings. The van der Waals surface area contributed by atoms with Crippen molar-refractivity contribution >= 4 is 27.5 Å². The number of esters is 1. The summed E-state index contributed by atoms with van der Waals surface area (Å²) >= 11 is 1.24. The highest BCUT2D eigenvalue weighted by Crippen LogP contribution is 2.28. The molecule has 0 bridgehead atoms. The van der Waals surface area contributed by atoms with Gasteiger partial charge >= 0.3 is 5.97 Å². The van der Waals surface area contributed by atoms with Crippen LogP contribution in [-0.2, 0) is 11.3 Å². The normalized spacial score (nSPS) is 18.9. The summed E-state index contributed by atoms with van der Waals surface area (Å²) in [7, 11) is 0. The van der Waals surface area contributed by atoms with Gasteiger partial charge < -0.3 is 9.72 Å². The van der Waals surface area contributed by atoms with E-state index in [0.717, 1.165) is 6.54 Å². The number of rotatable bonds is 4. The zero-order valence-electron chi connectivity index (χ0n) is 14.3. The van der Waals surface area contributed by atoms with E-state index in [1.807, 2.05) is 0 Å². The van der Waals surface area contributed by atoms with Crippen LogP contribution in [0.5, 0.6) is 0 Å². The summed E-state index contributed by atoms with van der Waals surface area (Å²) in [5.74, 6) is 0.279. The standard InChI is InChI=1S/C17H23N3O3S/c1-4-23-17(22)14-11(3)13-15(21)18-12(19-16(13)24-14)9-20-8-6-5-7-10(20)2/h10H,4-9H2,1-3H3,(H,18,19,21). The van der Waals surface area contributed by atoms with Crippen LogP contribution in [0.25, 0.3) is 10.2 Å². The van der Waals surface area contributed by atoms with E-state index in [1.54, 1.807) is 13.8 Å². The van der Waals surface area contributed by atoms with Gasteiger partial charge in [-0.2, -0.15) is 0 Å². The molecule has 2 aromatic rings. The summed E-state index contributed by atoms with van der Waals surface area (Å²) in [5.41, 5.74) is 0.476. The number of likely N-dealkylation sites (tertiary alicyclic amines) is 1. The van der Waals surface area contributed by atoms with E-state index in [0.29, 0.717) is 45.7 Å². The Kier molecular flexibility index (Phi) is 5.01. The lowest BCUT2D eigenvalue weighted by molar-refractivity contribution is 0.0531. The molecule has 2 aromatic heterocycles. The molecule has 3 rings (SSSR count). The number of nitrogens with zero attached hydrogens (tertiary/aromatic N) is 2. The van der Waals surface area contributed by atoms with Gasteiger partial charge in [0.15, 0.2) is 0 Å². The molecule has 1 N–H and O–H groups in total. The average molecular weight is 349 g/mol. The maximum Gasteiger partial charge on any atom is 0.348 e. The van der Waals surface area contributed by atoms with Crippen LogP contribution in [0.15, 0.2) is 4.79 Å². The number of H-pyrrole nitrogens is 1. The third-order valence-electron chi connectivity index (χ3n) is 4.60. The minimum absolute atomic E-state index is 0.177. The predicted octanol–water partition coefficient (Wildman–Crippen LogP) is 2.84. The molecular formula is C17H23N3O3S. The summed E-state index contributed by atoms with van der Waals surface area (Å²) < 4.78 is 5.07. The third-order valence-corrected chi connectivity index (χ3v) is 5.77. The lowest BCUT2D eigenvalue weighted by Gasteiger charge is -2.32. The first-order valence-corrected chi connectivity index (χ1v) is 9.26. The Bertz CT molecular complexity index is 811. The molecule has 0 saturated carbocycles. The molecular weight excluding hydrogens is 326 g/mol. The second-order valence-electron chi connectivity index (χ2n) is 6.28. The van der Waals surface area contributed by atoms with Crippen LogP contribution in [0.3, 0.4) is 0 Å². The number of hydrogen-bond acceptors (Lipinski definition) is 6. The van der Waals surface area contributed by atoms with Gasteiger partial charge in [0.1, 0.15) is 15.5 Å². The van der Waals surface area contributed by atoms with Crippen LogP contribution < -0.4 is 5.56 Å². The largest absolute Gasteiger partial charge is 0.462 e. The Hall–Kier alpha value is -1.73. The zero-order valence-corrected chi connectivity index (χ0v) is 15.2. The fraction of sp³-hybridized carbons (Fsp3) is 0.588. The number of thiophene rings is 1. The smallest absolute Gasteiger partial charge is 0.348 e. The summed E-state index contributed by atoms with van der Waals surface area (Å²) in [6, 6.07) is 0.500. The minimum atomic E-state index is -0.386. The number of ether oxygens (including phenoxy) is 1. The van der Waals surface area contributed by atoms with Crippen molar-refractivity contribution in [2.45, 2.75) is 52.6 Å². The molecule has 1 aliphatic rings. The molecule has 0 radical (unpaired) electrons. The fourth-order valence-corrected chi connectivity index (χ4v) is 4.33. The quantitative estimate of drug-likeness (QED) is 0.859. The SMILES string of the molecule is CCOC(=O)c1sc2nc(CN3CCCCC3C)[nH]c(=O)c2c1C. The van der Waals surface area contributed by atoms with Crippen molar-refractivity contribution in [1.82, 2.24) is 14.9 Å². The number of aryl methyl sites for hydroxylation is 1. The van der Waals surface area contributed by atoms with E-state index in [-0.39, 0.29) is 11.5 Å². The van der Waals surface area contributed by atoms with Gasteiger partial charge in [0.25, 0.3) is 5.56 Å². The van der Waals surface area contributed by atoms with Gasteiger partial charge in [-0.3, -0.25) is 9.69 Å². The number of piperidine rings is 1. The first-order valence-electron chi connectivity index (χ1n) is 8.44. The summed E-state index contributed by atoms with van der Waals surface area (Å²) in [5, 5.41) is 0.499. The van der Waals surface area contributed by atoms with Gasteiger partial charge in [-0.25, -0.2) is 9.78 Å². The van der Waals surface area contributed by atoms with E-state index in [1.165, 1.54) is 30.6 Å². The predicted molar refractivity (Wildman–Crippen MR) is 94.7 cm³/mol. The number of aromatic nitrogens is 2. The fourth-order valence-electron chi connectivity index (χ4n) is 3.24. The highest BCUT2D eigenvalue weighted by molar-refractivity contribution is 7.20. The Morgan fingerprint density at radius 2 is 2.25 bits per heavy atom. The molecule has 0 aliphatic carbocycles. The molecule has 130 valence electrons.